The van der Waals surface area contributed by atoms with Crippen LogP contribution >= 0.6 is 0 Å². The summed E-state index contributed by atoms with van der Waals surface area (Å²) in [4.78, 5) is 39.6. The maximum absolute atomic E-state index is 13.2. The van der Waals surface area contributed by atoms with Crippen LogP contribution in [0, 0.1) is 5.92 Å². The van der Waals surface area contributed by atoms with E-state index in [2.05, 4.69) is 5.32 Å². The van der Waals surface area contributed by atoms with Crippen LogP contribution < -0.4 is 5.32 Å². The Morgan fingerprint density at radius 2 is 1.47 bits per heavy atom. The number of aromatic nitrogens is 2. The Labute approximate surface area is 223 Å². The highest BCUT2D eigenvalue weighted by Gasteiger charge is 2.30. The molecule has 0 saturated carbocycles. The first kappa shape index (κ1) is 25.4. The van der Waals surface area contributed by atoms with Gasteiger partial charge in [0.05, 0.1) is 28.3 Å². The van der Waals surface area contributed by atoms with Crippen molar-refractivity contribution >= 4 is 28.7 Å². The number of rotatable bonds is 6. The van der Waals surface area contributed by atoms with Gasteiger partial charge >= 0.3 is 6.03 Å². The molecule has 1 atom stereocenters. The summed E-state index contributed by atoms with van der Waals surface area (Å²) in [5, 5.41) is 3.02. The van der Waals surface area contributed by atoms with Gasteiger partial charge in [-0.25, -0.2) is 14.8 Å². The second kappa shape index (κ2) is 11.4. The van der Waals surface area contributed by atoms with Gasteiger partial charge in [-0.3, -0.25) is 4.79 Å². The number of hydrogen-bond donors (Lipinski definition) is 1. The predicted octanol–water partition coefficient (Wildman–Crippen LogP) is 6.08. The van der Waals surface area contributed by atoms with Crippen LogP contribution in [0.4, 0.5) is 10.5 Å². The summed E-state index contributed by atoms with van der Waals surface area (Å²) in [7, 11) is 0. The molecule has 1 aliphatic rings. The highest BCUT2D eigenvalue weighted by Crippen LogP contribution is 2.31. The molecule has 0 aliphatic carbocycles. The molecule has 0 spiro atoms. The number of carbonyl (C=O) groups excluding carboxylic acids is 2. The molecular formula is C31H33N5O2. The zero-order valence-corrected chi connectivity index (χ0v) is 21.9. The normalized spacial score (nSPS) is 15.3. The Morgan fingerprint density at radius 1 is 0.868 bits per heavy atom. The van der Waals surface area contributed by atoms with Crippen LogP contribution in [0.1, 0.15) is 26.7 Å². The third-order valence-corrected chi connectivity index (χ3v) is 7.14. The molecule has 1 aliphatic heterocycles. The molecule has 0 bridgehead atoms. The molecule has 3 amide bonds. The van der Waals surface area contributed by atoms with Gasteiger partial charge in [0.2, 0.25) is 5.91 Å². The van der Waals surface area contributed by atoms with E-state index in [9.17, 15) is 9.59 Å². The van der Waals surface area contributed by atoms with Crippen LogP contribution in [-0.4, -0.2) is 57.9 Å². The molecule has 1 saturated heterocycles. The van der Waals surface area contributed by atoms with E-state index in [0.717, 1.165) is 40.9 Å². The van der Waals surface area contributed by atoms with Crippen LogP contribution in [0.2, 0.25) is 0 Å². The van der Waals surface area contributed by atoms with Gasteiger partial charge in [-0.1, -0.05) is 60.7 Å². The second-order valence-corrected chi connectivity index (χ2v) is 9.58. The third kappa shape index (κ3) is 5.37. The largest absolute Gasteiger partial charge is 0.343 e. The zero-order valence-electron chi connectivity index (χ0n) is 21.9. The minimum absolute atomic E-state index is 0.135. The Morgan fingerprint density at radius 3 is 2.08 bits per heavy atom. The van der Waals surface area contributed by atoms with E-state index >= 15 is 0 Å². The number of nitrogens with one attached hydrogen (secondary N) is 1. The lowest BCUT2D eigenvalue weighted by Crippen LogP contribution is -2.47. The van der Waals surface area contributed by atoms with Gasteiger partial charge in [-0.2, -0.15) is 0 Å². The van der Waals surface area contributed by atoms with E-state index in [-0.39, 0.29) is 17.9 Å². The summed E-state index contributed by atoms with van der Waals surface area (Å²) in [5.74, 6) is -0.0159. The maximum Gasteiger partial charge on any atom is 0.321 e. The molecule has 2 heterocycles. The van der Waals surface area contributed by atoms with Gasteiger partial charge in [0.15, 0.2) is 0 Å². The van der Waals surface area contributed by atoms with Crippen LogP contribution in [0.15, 0.2) is 78.9 Å². The number of anilines is 1. The van der Waals surface area contributed by atoms with Crippen molar-refractivity contribution in [2.24, 2.45) is 5.92 Å². The Hall–Kier alpha value is -4.26. The summed E-state index contributed by atoms with van der Waals surface area (Å²) in [5.41, 5.74) is 5.70. The van der Waals surface area contributed by atoms with Gasteiger partial charge < -0.3 is 15.1 Å². The molecule has 194 valence electrons. The molecule has 38 heavy (non-hydrogen) atoms. The maximum atomic E-state index is 13.2. The van der Waals surface area contributed by atoms with Crippen LogP contribution in [0.25, 0.3) is 33.5 Å². The van der Waals surface area contributed by atoms with Gasteiger partial charge in [-0.15, -0.1) is 0 Å². The Balaban J connectivity index is 1.40. The molecule has 0 radical (unpaired) electrons. The molecule has 4 aromatic rings. The van der Waals surface area contributed by atoms with E-state index in [1.807, 2.05) is 97.6 Å². The fourth-order valence-electron chi connectivity index (χ4n) is 5.09. The number of benzene rings is 3. The number of piperidine rings is 1. The van der Waals surface area contributed by atoms with Gasteiger partial charge in [0.25, 0.3) is 0 Å². The summed E-state index contributed by atoms with van der Waals surface area (Å²) < 4.78 is 0. The highest BCUT2D eigenvalue weighted by atomic mass is 16.2. The average Bonchev–Trinajstić information content (AvgIpc) is 2.98. The molecule has 3 aromatic carbocycles. The molecule has 1 N–H and O–H groups in total. The molecule has 5 rings (SSSR count). The summed E-state index contributed by atoms with van der Waals surface area (Å²) in [6.45, 7) is 6.43. The molecule has 0 unspecified atom stereocenters. The van der Waals surface area contributed by atoms with Gasteiger partial charge in [0, 0.05) is 43.0 Å². The van der Waals surface area contributed by atoms with Crippen molar-refractivity contribution in [3.05, 3.63) is 78.9 Å². The predicted molar refractivity (Wildman–Crippen MR) is 152 cm³/mol. The number of fused-ring (bicyclic) bond motifs is 1. The van der Waals surface area contributed by atoms with E-state index in [0.29, 0.717) is 37.4 Å². The standard InChI is InChI=1S/C31H33N5O2/c1-3-35(4-2)30(37)24-16-11-19-36(21-24)31(38)32-25-17-18-26-27(20-25)34-29(23-14-9-6-10-15-23)28(33-26)22-12-7-5-8-13-22/h5-10,12-15,17-18,20,24H,3-4,11,16,19,21H2,1-2H3,(H,32,38)/t24-/m0/s1. The van der Waals surface area contributed by atoms with Crippen molar-refractivity contribution < 1.29 is 9.59 Å². The number of urea groups is 1. The van der Waals surface area contributed by atoms with Crippen LogP contribution in [0.3, 0.4) is 0 Å². The lowest BCUT2D eigenvalue weighted by atomic mass is 9.96. The average molecular weight is 508 g/mol. The van der Waals surface area contributed by atoms with E-state index in [1.54, 1.807) is 4.90 Å². The number of carbonyl (C=O) groups is 2. The molecule has 1 fully saturated rings. The molecule has 1 aromatic heterocycles. The number of nitrogens with zero attached hydrogens (tertiary/aromatic N) is 4. The Bertz CT molecular complexity index is 1420. The monoisotopic (exact) mass is 507 g/mol. The first-order chi connectivity index (χ1) is 18.6. The van der Waals surface area contributed by atoms with Crippen molar-refractivity contribution in [2.75, 3.05) is 31.5 Å². The SMILES string of the molecule is CCN(CC)C(=O)[C@H]1CCCN(C(=O)Nc2ccc3nc(-c4ccccc4)c(-c4ccccc4)nc3c2)C1. The van der Waals surface area contributed by atoms with E-state index in [1.165, 1.54) is 0 Å². The molecule has 7 heteroatoms. The van der Waals surface area contributed by atoms with Crippen molar-refractivity contribution in [3.8, 4) is 22.5 Å². The highest BCUT2D eigenvalue weighted by molar-refractivity contribution is 5.94. The number of likely N-dealkylation sites (tertiary alicyclic amines) is 1. The number of hydrogen-bond acceptors (Lipinski definition) is 4. The van der Waals surface area contributed by atoms with Crippen LogP contribution in [0.5, 0.6) is 0 Å². The third-order valence-electron chi connectivity index (χ3n) is 7.14. The minimum atomic E-state index is -0.196. The molecule has 7 nitrogen and oxygen atoms in total. The summed E-state index contributed by atoms with van der Waals surface area (Å²) >= 11 is 0. The fraction of sp³-hybridized carbons (Fsp3) is 0.290. The molecular weight excluding hydrogens is 474 g/mol. The summed E-state index contributed by atoms with van der Waals surface area (Å²) in [6.07, 6.45) is 1.63. The van der Waals surface area contributed by atoms with E-state index in [4.69, 9.17) is 9.97 Å². The quantitative estimate of drug-likeness (QED) is 0.343. The lowest BCUT2D eigenvalue weighted by molar-refractivity contribution is -0.136. The van der Waals surface area contributed by atoms with Crippen LogP contribution in [-0.2, 0) is 4.79 Å². The van der Waals surface area contributed by atoms with Gasteiger partial charge in [0.1, 0.15) is 0 Å². The van der Waals surface area contributed by atoms with Crippen molar-refractivity contribution in [1.82, 2.24) is 19.8 Å². The van der Waals surface area contributed by atoms with Crippen molar-refractivity contribution in [3.63, 3.8) is 0 Å². The topological polar surface area (TPSA) is 78.4 Å². The first-order valence-electron chi connectivity index (χ1n) is 13.3. The zero-order chi connectivity index (χ0) is 26.5. The van der Waals surface area contributed by atoms with Crippen molar-refractivity contribution in [1.29, 1.82) is 0 Å². The lowest BCUT2D eigenvalue weighted by Gasteiger charge is -2.34. The first-order valence-corrected chi connectivity index (χ1v) is 13.3. The fourth-order valence-corrected chi connectivity index (χ4v) is 5.09. The minimum Gasteiger partial charge on any atom is -0.343 e. The Kier molecular flexibility index (Phi) is 7.63. The van der Waals surface area contributed by atoms with E-state index < -0.39 is 0 Å². The van der Waals surface area contributed by atoms with Crippen molar-refractivity contribution in [2.45, 2.75) is 26.7 Å². The number of amides is 3. The van der Waals surface area contributed by atoms with Gasteiger partial charge in [-0.05, 0) is 44.9 Å². The smallest absolute Gasteiger partial charge is 0.321 e. The summed E-state index contributed by atoms with van der Waals surface area (Å²) in [6, 6.07) is 25.5. The second-order valence-electron chi connectivity index (χ2n) is 9.58.